The van der Waals surface area contributed by atoms with E-state index in [1.807, 2.05) is 30.3 Å². The van der Waals surface area contributed by atoms with Crippen molar-refractivity contribution in [2.24, 2.45) is 0 Å². The van der Waals surface area contributed by atoms with Gasteiger partial charge in [0.05, 0.1) is 5.56 Å². The van der Waals surface area contributed by atoms with Crippen molar-refractivity contribution in [3.05, 3.63) is 64.7 Å². The molecule has 0 saturated carbocycles. The summed E-state index contributed by atoms with van der Waals surface area (Å²) in [7, 11) is 0. The van der Waals surface area contributed by atoms with Crippen LogP contribution in [0.5, 0.6) is 0 Å². The van der Waals surface area contributed by atoms with Crippen molar-refractivity contribution in [2.75, 3.05) is 5.32 Å². The molecule has 0 bridgehead atoms. The molecule has 3 rings (SSSR count). The van der Waals surface area contributed by atoms with Gasteiger partial charge in [0, 0.05) is 16.3 Å². The quantitative estimate of drug-likeness (QED) is 0.837. The van der Waals surface area contributed by atoms with Gasteiger partial charge in [-0.3, -0.25) is 0 Å². The van der Waals surface area contributed by atoms with Crippen molar-refractivity contribution in [1.29, 1.82) is 0 Å². The summed E-state index contributed by atoms with van der Waals surface area (Å²) in [5.74, 6) is -0.294. The third-order valence-corrected chi connectivity index (χ3v) is 3.08. The molecule has 1 heterocycles. The average molecular weight is 260 g/mol. The highest BCUT2D eigenvalue weighted by molar-refractivity contribution is 6.30. The molecule has 0 saturated heterocycles. The molecule has 4 heteroatoms. The van der Waals surface area contributed by atoms with Crippen molar-refractivity contribution in [2.45, 2.75) is 6.23 Å². The number of carbonyl (C=O) groups is 1. The maximum atomic E-state index is 11.6. The lowest BCUT2D eigenvalue weighted by atomic mass is 10.1. The monoisotopic (exact) mass is 259 g/mol. The molecule has 0 aliphatic carbocycles. The first-order chi connectivity index (χ1) is 8.74. The number of benzene rings is 2. The number of hydrogen-bond donors (Lipinski definition) is 1. The number of fused-ring (bicyclic) bond motifs is 1. The molecule has 0 spiro atoms. The van der Waals surface area contributed by atoms with Gasteiger partial charge in [-0.15, -0.1) is 0 Å². The highest BCUT2D eigenvalue weighted by atomic mass is 35.5. The second kappa shape index (κ2) is 4.35. The number of esters is 1. The van der Waals surface area contributed by atoms with E-state index in [4.69, 9.17) is 16.3 Å². The van der Waals surface area contributed by atoms with Gasteiger partial charge in [0.25, 0.3) is 0 Å². The zero-order chi connectivity index (χ0) is 12.5. The third kappa shape index (κ3) is 1.93. The Labute approximate surface area is 109 Å². The second-order valence-electron chi connectivity index (χ2n) is 4.02. The van der Waals surface area contributed by atoms with E-state index >= 15 is 0 Å². The number of carbonyl (C=O) groups excluding carboxylic acids is 1. The highest BCUT2D eigenvalue weighted by Gasteiger charge is 2.30. The fraction of sp³-hybridized carbons (Fsp3) is 0.0714. The molecule has 2 aromatic rings. The lowest BCUT2D eigenvalue weighted by Gasteiger charge is -2.14. The topological polar surface area (TPSA) is 38.3 Å². The fourth-order valence-electron chi connectivity index (χ4n) is 1.95. The fourth-order valence-corrected chi connectivity index (χ4v) is 2.08. The van der Waals surface area contributed by atoms with E-state index in [0.29, 0.717) is 10.6 Å². The van der Waals surface area contributed by atoms with Crippen LogP contribution in [0.3, 0.4) is 0 Å². The molecule has 1 N–H and O–H groups in total. The number of anilines is 1. The summed E-state index contributed by atoms with van der Waals surface area (Å²) in [6, 6.07) is 14.6. The Morgan fingerprint density at radius 1 is 1.06 bits per heavy atom. The normalized spacial score (nSPS) is 17.2. The van der Waals surface area contributed by atoms with Crippen molar-refractivity contribution in [1.82, 2.24) is 0 Å². The Hall–Kier alpha value is -2.00. The largest absolute Gasteiger partial charge is 0.434 e. The summed E-state index contributed by atoms with van der Waals surface area (Å²) < 4.78 is 5.28. The van der Waals surface area contributed by atoms with Crippen LogP contribution in [0.4, 0.5) is 5.69 Å². The molecular formula is C14H10ClNO2. The molecule has 1 aliphatic rings. The molecule has 0 aromatic heterocycles. The van der Waals surface area contributed by atoms with Crippen molar-refractivity contribution in [3.63, 3.8) is 0 Å². The summed E-state index contributed by atoms with van der Waals surface area (Å²) in [5, 5.41) is 3.82. The first-order valence-electron chi connectivity index (χ1n) is 5.56. The van der Waals surface area contributed by atoms with Crippen LogP contribution in [0.25, 0.3) is 0 Å². The predicted molar refractivity (Wildman–Crippen MR) is 69.7 cm³/mol. The van der Waals surface area contributed by atoms with E-state index in [2.05, 4.69) is 5.32 Å². The van der Waals surface area contributed by atoms with E-state index in [1.165, 1.54) is 0 Å². The van der Waals surface area contributed by atoms with Gasteiger partial charge in [-0.1, -0.05) is 29.8 Å². The third-order valence-electron chi connectivity index (χ3n) is 2.83. The van der Waals surface area contributed by atoms with Gasteiger partial charge in [0.15, 0.2) is 0 Å². The van der Waals surface area contributed by atoms with E-state index in [1.54, 1.807) is 18.2 Å². The van der Waals surface area contributed by atoms with Gasteiger partial charge in [-0.25, -0.2) is 4.79 Å². The Morgan fingerprint density at radius 2 is 1.78 bits per heavy atom. The molecule has 0 amide bonds. The SMILES string of the molecule is O=C1O[C@H](Nc2ccc(Cl)cc2)c2ccccc21. The Balaban J connectivity index is 1.87. The molecule has 90 valence electrons. The molecule has 0 unspecified atom stereocenters. The summed E-state index contributed by atoms with van der Waals surface area (Å²) >= 11 is 5.82. The van der Waals surface area contributed by atoms with Crippen molar-refractivity contribution < 1.29 is 9.53 Å². The van der Waals surface area contributed by atoms with Crippen LogP contribution in [-0.2, 0) is 4.74 Å². The zero-order valence-electron chi connectivity index (χ0n) is 9.39. The van der Waals surface area contributed by atoms with Gasteiger partial charge < -0.3 is 10.1 Å². The van der Waals surface area contributed by atoms with E-state index in [9.17, 15) is 4.79 Å². The number of halogens is 1. The van der Waals surface area contributed by atoms with Crippen molar-refractivity contribution in [3.8, 4) is 0 Å². The first-order valence-corrected chi connectivity index (χ1v) is 5.94. The summed E-state index contributed by atoms with van der Waals surface area (Å²) in [6.45, 7) is 0. The van der Waals surface area contributed by atoms with Crippen LogP contribution < -0.4 is 5.32 Å². The number of ether oxygens (including phenoxy) is 1. The van der Waals surface area contributed by atoms with Gasteiger partial charge in [0.1, 0.15) is 0 Å². The smallest absolute Gasteiger partial charge is 0.340 e. The lowest BCUT2D eigenvalue weighted by Crippen LogP contribution is -2.10. The van der Waals surface area contributed by atoms with Gasteiger partial charge in [-0.05, 0) is 30.3 Å². The van der Waals surface area contributed by atoms with Crippen LogP contribution in [0.1, 0.15) is 22.1 Å². The molecule has 3 nitrogen and oxygen atoms in total. The molecule has 18 heavy (non-hydrogen) atoms. The summed E-state index contributed by atoms with van der Waals surface area (Å²) in [4.78, 5) is 11.6. The molecule has 1 aliphatic heterocycles. The number of hydrogen-bond acceptors (Lipinski definition) is 3. The average Bonchev–Trinajstić information content (AvgIpc) is 2.70. The summed E-state index contributed by atoms with van der Waals surface area (Å²) in [5.41, 5.74) is 2.33. The van der Waals surface area contributed by atoms with Crippen LogP contribution >= 0.6 is 11.6 Å². The highest BCUT2D eigenvalue weighted by Crippen LogP contribution is 2.31. The summed E-state index contributed by atoms with van der Waals surface area (Å²) in [6.07, 6.45) is -0.435. The van der Waals surface area contributed by atoms with Gasteiger partial charge >= 0.3 is 5.97 Å². The lowest BCUT2D eigenvalue weighted by molar-refractivity contribution is 0.0437. The van der Waals surface area contributed by atoms with Crippen LogP contribution in [0, 0.1) is 0 Å². The van der Waals surface area contributed by atoms with E-state index in [0.717, 1.165) is 11.3 Å². The number of nitrogens with one attached hydrogen (secondary N) is 1. The van der Waals surface area contributed by atoms with Gasteiger partial charge in [0.2, 0.25) is 6.23 Å². The van der Waals surface area contributed by atoms with Crippen LogP contribution in [-0.4, -0.2) is 5.97 Å². The minimum absolute atomic E-state index is 0.294. The molecular weight excluding hydrogens is 250 g/mol. The molecule has 2 aromatic carbocycles. The minimum Gasteiger partial charge on any atom is -0.434 e. The van der Waals surface area contributed by atoms with Gasteiger partial charge in [-0.2, -0.15) is 0 Å². The number of cyclic esters (lactones) is 1. The van der Waals surface area contributed by atoms with Crippen molar-refractivity contribution >= 4 is 23.3 Å². The van der Waals surface area contributed by atoms with Crippen LogP contribution in [0.2, 0.25) is 5.02 Å². The maximum absolute atomic E-state index is 11.6. The van der Waals surface area contributed by atoms with E-state index < -0.39 is 6.23 Å². The number of rotatable bonds is 2. The molecule has 1 atom stereocenters. The Kier molecular flexibility index (Phi) is 2.68. The van der Waals surface area contributed by atoms with Crippen LogP contribution in [0.15, 0.2) is 48.5 Å². The Bertz CT molecular complexity index is 595. The first kappa shape index (κ1) is 11.1. The Morgan fingerprint density at radius 3 is 2.56 bits per heavy atom. The standard InChI is InChI=1S/C14H10ClNO2/c15-9-5-7-10(8-6-9)16-13-11-3-1-2-4-12(11)14(17)18-13/h1-8,13,16H/t13-/m0/s1. The molecule has 0 radical (unpaired) electrons. The zero-order valence-corrected chi connectivity index (χ0v) is 10.1. The minimum atomic E-state index is -0.435. The second-order valence-corrected chi connectivity index (χ2v) is 4.46. The maximum Gasteiger partial charge on any atom is 0.340 e. The van der Waals surface area contributed by atoms with E-state index in [-0.39, 0.29) is 5.97 Å². The predicted octanol–water partition coefficient (Wildman–Crippen LogP) is 3.62. The molecule has 0 fully saturated rings.